The van der Waals surface area contributed by atoms with Crippen LogP contribution in [0.25, 0.3) is 0 Å². The molecule has 0 aliphatic heterocycles. The lowest BCUT2D eigenvalue weighted by Crippen LogP contribution is -2.33. The second-order valence-electron chi connectivity index (χ2n) is 5.91. The summed E-state index contributed by atoms with van der Waals surface area (Å²) in [6, 6.07) is 14.2. The molecule has 0 fully saturated rings. The zero-order valence-electron chi connectivity index (χ0n) is 15.5. The third-order valence-electron chi connectivity index (χ3n) is 3.73. The number of carbonyl (C=O) groups is 2. The largest absolute Gasteiger partial charge is 0.497 e. The van der Waals surface area contributed by atoms with Gasteiger partial charge in [-0.2, -0.15) is 0 Å². The molecule has 0 aliphatic rings. The molecule has 0 saturated carbocycles. The standard InChI is InChI=1S/C20H23NO5S/c1-13(26-16-10-8-15(25-3)9-11-16)12-21-19(22)17-6-4-5-7-18(17)27-14(2)20(23)24/h4-11,13-14H,12H2,1-3H3,(H,21,22)(H,23,24). The van der Waals surface area contributed by atoms with E-state index in [9.17, 15) is 9.59 Å². The first-order valence-electron chi connectivity index (χ1n) is 8.48. The number of aliphatic carboxylic acids is 1. The number of nitrogens with one attached hydrogen (secondary N) is 1. The number of benzene rings is 2. The molecule has 27 heavy (non-hydrogen) atoms. The lowest BCUT2D eigenvalue weighted by Gasteiger charge is -2.17. The van der Waals surface area contributed by atoms with Gasteiger partial charge in [0.05, 0.1) is 19.2 Å². The number of methoxy groups -OCH3 is 1. The van der Waals surface area contributed by atoms with Gasteiger partial charge >= 0.3 is 5.97 Å². The van der Waals surface area contributed by atoms with Crippen LogP contribution in [0.2, 0.25) is 0 Å². The van der Waals surface area contributed by atoms with Gasteiger partial charge in [-0.25, -0.2) is 0 Å². The van der Waals surface area contributed by atoms with Crippen molar-refractivity contribution >= 4 is 23.6 Å². The Balaban J connectivity index is 1.93. The first-order chi connectivity index (χ1) is 12.9. The number of thioether (sulfide) groups is 1. The van der Waals surface area contributed by atoms with Crippen LogP contribution in [0.15, 0.2) is 53.4 Å². The van der Waals surface area contributed by atoms with E-state index in [0.717, 1.165) is 17.5 Å². The maximum absolute atomic E-state index is 12.5. The predicted molar refractivity (Wildman–Crippen MR) is 105 cm³/mol. The van der Waals surface area contributed by atoms with Crippen molar-refractivity contribution in [2.45, 2.75) is 30.1 Å². The number of hydrogen-bond donors (Lipinski definition) is 2. The molecule has 0 aromatic heterocycles. The Morgan fingerprint density at radius 1 is 1.07 bits per heavy atom. The van der Waals surface area contributed by atoms with Crippen LogP contribution in [0.3, 0.4) is 0 Å². The summed E-state index contributed by atoms with van der Waals surface area (Å²) in [5.74, 6) is 0.245. The van der Waals surface area contributed by atoms with Crippen LogP contribution in [0.4, 0.5) is 0 Å². The lowest BCUT2D eigenvalue weighted by atomic mass is 10.2. The lowest BCUT2D eigenvalue weighted by molar-refractivity contribution is -0.136. The summed E-state index contributed by atoms with van der Waals surface area (Å²) in [6.07, 6.45) is -0.236. The molecule has 0 heterocycles. The fourth-order valence-electron chi connectivity index (χ4n) is 2.26. The molecule has 6 nitrogen and oxygen atoms in total. The quantitative estimate of drug-likeness (QED) is 0.639. The van der Waals surface area contributed by atoms with Gasteiger partial charge < -0.3 is 19.9 Å². The average molecular weight is 389 g/mol. The average Bonchev–Trinajstić information content (AvgIpc) is 2.67. The Morgan fingerprint density at radius 2 is 1.70 bits per heavy atom. The molecule has 2 aromatic rings. The molecule has 0 spiro atoms. The van der Waals surface area contributed by atoms with E-state index in [1.54, 1.807) is 62.6 Å². The van der Waals surface area contributed by atoms with Crippen LogP contribution in [-0.2, 0) is 4.79 Å². The summed E-state index contributed by atoms with van der Waals surface area (Å²) in [6.45, 7) is 3.77. The van der Waals surface area contributed by atoms with E-state index in [1.165, 1.54) is 0 Å². The second kappa shape index (κ2) is 9.87. The molecule has 0 aliphatic carbocycles. The number of carboxylic acids is 1. The SMILES string of the molecule is COc1ccc(OC(C)CNC(=O)c2ccccc2SC(C)C(=O)O)cc1. The fourth-order valence-corrected chi connectivity index (χ4v) is 3.18. The van der Waals surface area contributed by atoms with E-state index in [0.29, 0.717) is 22.8 Å². The van der Waals surface area contributed by atoms with Crippen LogP contribution in [0.1, 0.15) is 24.2 Å². The zero-order valence-corrected chi connectivity index (χ0v) is 16.3. The van der Waals surface area contributed by atoms with Gasteiger partial charge in [-0.15, -0.1) is 11.8 Å². The number of amides is 1. The molecular formula is C20H23NO5S. The monoisotopic (exact) mass is 389 g/mol. The van der Waals surface area contributed by atoms with Crippen LogP contribution < -0.4 is 14.8 Å². The molecule has 2 unspecified atom stereocenters. The Morgan fingerprint density at radius 3 is 2.33 bits per heavy atom. The van der Waals surface area contributed by atoms with Gasteiger partial charge in [-0.3, -0.25) is 9.59 Å². The van der Waals surface area contributed by atoms with Crippen molar-refractivity contribution in [1.29, 1.82) is 0 Å². The fraction of sp³-hybridized carbons (Fsp3) is 0.300. The van der Waals surface area contributed by atoms with Crippen molar-refractivity contribution < 1.29 is 24.2 Å². The number of hydrogen-bond acceptors (Lipinski definition) is 5. The van der Waals surface area contributed by atoms with Crippen molar-refractivity contribution in [3.8, 4) is 11.5 Å². The smallest absolute Gasteiger partial charge is 0.316 e. The summed E-state index contributed by atoms with van der Waals surface area (Å²) in [5, 5.41) is 11.3. The van der Waals surface area contributed by atoms with Crippen LogP contribution in [0.5, 0.6) is 11.5 Å². The number of carboxylic acid groups (broad SMARTS) is 1. The Labute approximate surface area is 162 Å². The molecule has 2 aromatic carbocycles. The molecule has 2 atom stereocenters. The van der Waals surface area contributed by atoms with E-state index < -0.39 is 11.2 Å². The third-order valence-corrected chi connectivity index (χ3v) is 4.90. The van der Waals surface area contributed by atoms with E-state index >= 15 is 0 Å². The van der Waals surface area contributed by atoms with Crippen molar-refractivity contribution in [3.63, 3.8) is 0 Å². The van der Waals surface area contributed by atoms with Crippen LogP contribution >= 0.6 is 11.8 Å². The molecular weight excluding hydrogens is 366 g/mol. The molecule has 0 saturated heterocycles. The predicted octanol–water partition coefficient (Wildman–Crippen LogP) is 3.46. The van der Waals surface area contributed by atoms with E-state index in [1.807, 2.05) is 6.92 Å². The summed E-state index contributed by atoms with van der Waals surface area (Å²) in [4.78, 5) is 24.2. The Hall–Kier alpha value is -2.67. The summed E-state index contributed by atoms with van der Waals surface area (Å²) in [7, 11) is 1.60. The minimum absolute atomic E-state index is 0.236. The molecule has 1 amide bonds. The summed E-state index contributed by atoms with van der Waals surface area (Å²) in [5.41, 5.74) is 0.451. The summed E-state index contributed by atoms with van der Waals surface area (Å²) >= 11 is 1.14. The van der Waals surface area contributed by atoms with Gasteiger partial charge in [-0.1, -0.05) is 12.1 Å². The Bertz CT molecular complexity index is 778. The van der Waals surface area contributed by atoms with Crippen LogP contribution in [0, 0.1) is 0 Å². The van der Waals surface area contributed by atoms with Crippen LogP contribution in [-0.4, -0.2) is 42.0 Å². The highest BCUT2D eigenvalue weighted by Crippen LogP contribution is 2.27. The molecule has 7 heteroatoms. The van der Waals surface area contributed by atoms with E-state index in [2.05, 4.69) is 5.32 Å². The highest BCUT2D eigenvalue weighted by molar-refractivity contribution is 8.00. The molecule has 0 radical (unpaired) electrons. The van der Waals surface area contributed by atoms with Gasteiger partial charge in [0.2, 0.25) is 0 Å². The van der Waals surface area contributed by atoms with Gasteiger partial charge in [0.1, 0.15) is 22.9 Å². The number of rotatable bonds is 9. The van der Waals surface area contributed by atoms with Crippen molar-refractivity contribution in [3.05, 3.63) is 54.1 Å². The Kier molecular flexibility index (Phi) is 7.55. The number of ether oxygens (including phenoxy) is 2. The first-order valence-corrected chi connectivity index (χ1v) is 9.36. The topological polar surface area (TPSA) is 84.9 Å². The van der Waals surface area contributed by atoms with Crippen molar-refractivity contribution in [2.24, 2.45) is 0 Å². The second-order valence-corrected chi connectivity index (χ2v) is 7.29. The van der Waals surface area contributed by atoms with Gasteiger partial charge in [0.25, 0.3) is 5.91 Å². The minimum Gasteiger partial charge on any atom is -0.497 e. The van der Waals surface area contributed by atoms with E-state index in [4.69, 9.17) is 14.6 Å². The summed E-state index contributed by atoms with van der Waals surface area (Å²) < 4.78 is 10.9. The van der Waals surface area contributed by atoms with Gasteiger partial charge in [0.15, 0.2) is 0 Å². The van der Waals surface area contributed by atoms with Crippen molar-refractivity contribution in [1.82, 2.24) is 5.32 Å². The zero-order chi connectivity index (χ0) is 19.8. The van der Waals surface area contributed by atoms with E-state index in [-0.39, 0.29) is 12.0 Å². The molecule has 2 rings (SSSR count). The molecule has 0 bridgehead atoms. The van der Waals surface area contributed by atoms with Gasteiger partial charge in [0, 0.05) is 4.90 Å². The highest BCUT2D eigenvalue weighted by Gasteiger charge is 2.18. The van der Waals surface area contributed by atoms with Crippen molar-refractivity contribution in [2.75, 3.05) is 13.7 Å². The third kappa shape index (κ3) is 6.21. The van der Waals surface area contributed by atoms with Gasteiger partial charge in [-0.05, 0) is 50.2 Å². The normalized spacial score (nSPS) is 12.7. The first kappa shape index (κ1) is 20.6. The maximum atomic E-state index is 12.5. The minimum atomic E-state index is -0.920. The maximum Gasteiger partial charge on any atom is 0.316 e. The number of carbonyl (C=O) groups excluding carboxylic acids is 1. The highest BCUT2D eigenvalue weighted by atomic mass is 32.2. The molecule has 144 valence electrons. The molecule has 2 N–H and O–H groups in total.